The van der Waals surface area contributed by atoms with Gasteiger partial charge in [0.15, 0.2) is 5.78 Å². The Morgan fingerprint density at radius 1 is 1.32 bits per heavy atom. The van der Waals surface area contributed by atoms with E-state index in [1.54, 1.807) is 0 Å². The number of aromatic nitrogens is 2. The molecule has 1 aliphatic heterocycles. The van der Waals surface area contributed by atoms with Crippen LogP contribution in [0.2, 0.25) is 0 Å². The third-order valence-electron chi connectivity index (χ3n) is 3.49. The molecule has 1 aromatic heterocycles. The molecule has 5 heteroatoms. The molecule has 19 heavy (non-hydrogen) atoms. The van der Waals surface area contributed by atoms with Gasteiger partial charge in [-0.1, -0.05) is 18.2 Å². The van der Waals surface area contributed by atoms with E-state index in [0.29, 0.717) is 12.1 Å². The summed E-state index contributed by atoms with van der Waals surface area (Å²) in [7, 11) is 0. The maximum absolute atomic E-state index is 12.2. The first-order valence-corrected chi connectivity index (χ1v) is 6.61. The summed E-state index contributed by atoms with van der Waals surface area (Å²) in [6, 6.07) is 7.72. The minimum absolute atomic E-state index is 0.101. The highest BCUT2D eigenvalue weighted by Crippen LogP contribution is 2.16. The maximum atomic E-state index is 12.2. The Bertz CT molecular complexity index is 573. The van der Waals surface area contributed by atoms with Gasteiger partial charge in [0.25, 0.3) is 0 Å². The summed E-state index contributed by atoms with van der Waals surface area (Å²) in [5.74, 6) is 0.101. The molecule has 0 amide bonds. The molecule has 2 heterocycles. The zero-order chi connectivity index (χ0) is 13.1. The molecule has 0 atom stereocenters. The van der Waals surface area contributed by atoms with Crippen molar-refractivity contribution >= 4 is 16.7 Å². The molecule has 1 aliphatic rings. The van der Waals surface area contributed by atoms with E-state index in [4.69, 9.17) is 4.74 Å². The number of morpholine rings is 1. The van der Waals surface area contributed by atoms with Crippen molar-refractivity contribution in [2.45, 2.75) is 6.42 Å². The van der Waals surface area contributed by atoms with Crippen LogP contribution in [0.3, 0.4) is 0 Å². The predicted octanol–water partition coefficient (Wildman–Crippen LogP) is 1.47. The van der Waals surface area contributed by atoms with E-state index in [2.05, 4.69) is 15.1 Å². The summed E-state index contributed by atoms with van der Waals surface area (Å²) in [5, 5.41) is 7.96. The molecule has 5 nitrogen and oxygen atoms in total. The van der Waals surface area contributed by atoms with E-state index < -0.39 is 0 Å². The number of hydrogen-bond donors (Lipinski definition) is 1. The van der Waals surface area contributed by atoms with E-state index in [9.17, 15) is 4.79 Å². The molecule has 0 spiro atoms. The van der Waals surface area contributed by atoms with Crippen LogP contribution in [-0.4, -0.2) is 53.7 Å². The highest BCUT2D eigenvalue weighted by Gasteiger charge is 2.16. The first-order valence-electron chi connectivity index (χ1n) is 6.61. The zero-order valence-electron chi connectivity index (χ0n) is 10.8. The molecule has 3 rings (SSSR count). The number of ketones is 1. The number of hydrogen-bond acceptors (Lipinski definition) is 4. The summed E-state index contributed by atoms with van der Waals surface area (Å²) >= 11 is 0. The van der Waals surface area contributed by atoms with E-state index in [0.717, 1.165) is 43.8 Å². The Labute approximate surface area is 111 Å². The van der Waals surface area contributed by atoms with Gasteiger partial charge < -0.3 is 4.74 Å². The number of rotatable bonds is 4. The van der Waals surface area contributed by atoms with Crippen LogP contribution < -0.4 is 0 Å². The van der Waals surface area contributed by atoms with Crippen LogP contribution in [-0.2, 0) is 4.74 Å². The Hall–Kier alpha value is -1.72. The van der Waals surface area contributed by atoms with Gasteiger partial charge in [0.05, 0.1) is 18.7 Å². The van der Waals surface area contributed by atoms with Crippen LogP contribution in [0.15, 0.2) is 24.3 Å². The van der Waals surface area contributed by atoms with Crippen LogP contribution in [0.1, 0.15) is 16.9 Å². The van der Waals surface area contributed by atoms with Gasteiger partial charge in [-0.2, -0.15) is 5.10 Å². The third kappa shape index (κ3) is 2.67. The lowest BCUT2D eigenvalue weighted by molar-refractivity contribution is 0.0370. The summed E-state index contributed by atoms with van der Waals surface area (Å²) in [6.45, 7) is 4.13. The number of aromatic amines is 1. The molecule has 0 saturated carbocycles. The zero-order valence-corrected chi connectivity index (χ0v) is 10.8. The lowest BCUT2D eigenvalue weighted by Gasteiger charge is -2.25. The average molecular weight is 259 g/mol. The molecule has 1 N–H and O–H groups in total. The first kappa shape index (κ1) is 12.3. The molecule has 0 radical (unpaired) electrons. The number of benzene rings is 1. The van der Waals surface area contributed by atoms with Crippen molar-refractivity contribution in [2.75, 3.05) is 32.8 Å². The normalized spacial score (nSPS) is 16.8. The van der Waals surface area contributed by atoms with Crippen LogP contribution in [0.25, 0.3) is 10.9 Å². The predicted molar refractivity (Wildman–Crippen MR) is 72.3 cm³/mol. The molecule has 1 fully saturated rings. The van der Waals surface area contributed by atoms with Crippen LogP contribution in [0, 0.1) is 0 Å². The van der Waals surface area contributed by atoms with Crippen molar-refractivity contribution in [3.05, 3.63) is 30.0 Å². The number of H-pyrrole nitrogens is 1. The number of fused-ring (bicyclic) bond motifs is 1. The van der Waals surface area contributed by atoms with Crippen molar-refractivity contribution in [3.63, 3.8) is 0 Å². The van der Waals surface area contributed by atoms with Crippen molar-refractivity contribution in [1.29, 1.82) is 0 Å². The second-order valence-corrected chi connectivity index (χ2v) is 4.74. The molecule has 0 bridgehead atoms. The molecule has 1 saturated heterocycles. The summed E-state index contributed by atoms with van der Waals surface area (Å²) in [4.78, 5) is 14.5. The highest BCUT2D eigenvalue weighted by molar-refractivity contribution is 6.05. The Morgan fingerprint density at radius 3 is 2.95 bits per heavy atom. The van der Waals surface area contributed by atoms with Gasteiger partial charge >= 0.3 is 0 Å². The molecular weight excluding hydrogens is 242 g/mol. The topological polar surface area (TPSA) is 58.2 Å². The van der Waals surface area contributed by atoms with Crippen molar-refractivity contribution in [1.82, 2.24) is 15.1 Å². The molecular formula is C14H17N3O2. The van der Waals surface area contributed by atoms with Gasteiger partial charge in [0.2, 0.25) is 0 Å². The SMILES string of the molecule is O=C(CCN1CCOCC1)c1n[nH]c2ccccc12. The van der Waals surface area contributed by atoms with E-state index in [-0.39, 0.29) is 5.78 Å². The van der Waals surface area contributed by atoms with Crippen LogP contribution in [0.5, 0.6) is 0 Å². The molecule has 2 aromatic rings. The molecule has 100 valence electrons. The average Bonchev–Trinajstić information content (AvgIpc) is 2.90. The molecule has 0 aliphatic carbocycles. The molecule has 1 aromatic carbocycles. The third-order valence-corrected chi connectivity index (χ3v) is 3.49. The summed E-state index contributed by atoms with van der Waals surface area (Å²) in [5.41, 5.74) is 1.47. The van der Waals surface area contributed by atoms with Crippen LogP contribution >= 0.6 is 0 Å². The number of carbonyl (C=O) groups is 1. The van der Waals surface area contributed by atoms with Gasteiger partial charge in [0, 0.05) is 31.4 Å². The largest absolute Gasteiger partial charge is 0.379 e. The number of ether oxygens (including phenoxy) is 1. The van der Waals surface area contributed by atoms with E-state index in [1.807, 2.05) is 24.3 Å². The number of carbonyl (C=O) groups excluding carboxylic acids is 1. The number of nitrogens with one attached hydrogen (secondary N) is 1. The minimum Gasteiger partial charge on any atom is -0.379 e. The van der Waals surface area contributed by atoms with Gasteiger partial charge in [0.1, 0.15) is 5.69 Å². The second kappa shape index (κ2) is 5.50. The fourth-order valence-corrected chi connectivity index (χ4v) is 2.38. The monoisotopic (exact) mass is 259 g/mol. The minimum atomic E-state index is 0.101. The fraction of sp³-hybridized carbons (Fsp3) is 0.429. The quantitative estimate of drug-likeness (QED) is 0.845. The van der Waals surface area contributed by atoms with E-state index in [1.165, 1.54) is 0 Å². The highest BCUT2D eigenvalue weighted by atomic mass is 16.5. The lowest BCUT2D eigenvalue weighted by atomic mass is 10.1. The molecule has 0 unspecified atom stereocenters. The fourth-order valence-electron chi connectivity index (χ4n) is 2.38. The Morgan fingerprint density at radius 2 is 2.11 bits per heavy atom. The number of para-hydroxylation sites is 1. The summed E-state index contributed by atoms with van der Waals surface area (Å²) < 4.78 is 5.29. The number of nitrogens with zero attached hydrogens (tertiary/aromatic N) is 2. The van der Waals surface area contributed by atoms with Crippen LogP contribution in [0.4, 0.5) is 0 Å². The van der Waals surface area contributed by atoms with Gasteiger partial charge in [-0.25, -0.2) is 0 Å². The summed E-state index contributed by atoms with van der Waals surface area (Å²) in [6.07, 6.45) is 0.509. The lowest BCUT2D eigenvalue weighted by Crippen LogP contribution is -2.37. The van der Waals surface area contributed by atoms with E-state index >= 15 is 0 Å². The maximum Gasteiger partial charge on any atom is 0.184 e. The Balaban J connectivity index is 1.66. The van der Waals surface area contributed by atoms with Crippen molar-refractivity contribution in [2.24, 2.45) is 0 Å². The number of Topliss-reactive ketones (excluding diaryl/α,β-unsaturated/α-hetero) is 1. The smallest absolute Gasteiger partial charge is 0.184 e. The van der Waals surface area contributed by atoms with Gasteiger partial charge in [-0.05, 0) is 6.07 Å². The standard InChI is InChI=1S/C14H17N3O2/c18-13(5-6-17-7-9-19-10-8-17)14-11-3-1-2-4-12(11)15-16-14/h1-4H,5-10H2,(H,15,16). The Kier molecular flexibility index (Phi) is 3.57. The van der Waals surface area contributed by atoms with Crippen molar-refractivity contribution < 1.29 is 9.53 Å². The van der Waals surface area contributed by atoms with Crippen molar-refractivity contribution in [3.8, 4) is 0 Å². The second-order valence-electron chi connectivity index (χ2n) is 4.74. The first-order chi connectivity index (χ1) is 9.34. The van der Waals surface area contributed by atoms with Gasteiger partial charge in [-0.3, -0.25) is 14.8 Å². The van der Waals surface area contributed by atoms with Gasteiger partial charge in [-0.15, -0.1) is 0 Å².